The Kier molecular flexibility index (Phi) is 5.99. The number of carbonyl (C=O) groups excluding carboxylic acids is 2. The maximum absolute atomic E-state index is 11.7. The average Bonchev–Trinajstić information content (AvgIpc) is 2.42. The van der Waals surface area contributed by atoms with Crippen LogP contribution in [0, 0.1) is 5.92 Å². The van der Waals surface area contributed by atoms with E-state index in [1.165, 1.54) is 0 Å². The zero-order chi connectivity index (χ0) is 15.1. The van der Waals surface area contributed by atoms with Crippen LogP contribution in [0.5, 0.6) is 5.75 Å². The molecular weight excluding hydrogens is 258 g/mol. The Hall–Kier alpha value is -2.08. The molecule has 0 saturated heterocycles. The largest absolute Gasteiger partial charge is 0.484 e. The minimum absolute atomic E-state index is 0.0692. The van der Waals surface area contributed by atoms with Crippen molar-refractivity contribution in [3.63, 3.8) is 0 Å². The number of rotatable bonds is 7. The number of carbonyl (C=O) groups is 2. The minimum atomic E-state index is -0.689. The van der Waals surface area contributed by atoms with Crippen LogP contribution in [0.3, 0.4) is 0 Å². The molecule has 0 saturated carbocycles. The number of amides is 2. The number of benzene rings is 1. The smallest absolute Gasteiger partial charge is 0.258 e. The van der Waals surface area contributed by atoms with Crippen molar-refractivity contribution in [1.82, 2.24) is 5.32 Å². The summed E-state index contributed by atoms with van der Waals surface area (Å²) >= 11 is 0. The lowest BCUT2D eigenvalue weighted by Crippen LogP contribution is -2.49. The molecule has 6 heteroatoms. The van der Waals surface area contributed by atoms with Crippen LogP contribution in [0.15, 0.2) is 24.3 Å². The Labute approximate surface area is 118 Å². The number of hydrogen-bond donors (Lipinski definition) is 3. The van der Waals surface area contributed by atoms with Crippen molar-refractivity contribution in [2.75, 3.05) is 6.61 Å². The van der Waals surface area contributed by atoms with E-state index in [0.717, 1.165) is 5.56 Å². The first-order valence-electron chi connectivity index (χ1n) is 6.44. The zero-order valence-corrected chi connectivity index (χ0v) is 11.8. The van der Waals surface area contributed by atoms with Crippen molar-refractivity contribution >= 4 is 11.8 Å². The molecule has 0 bridgehead atoms. The van der Waals surface area contributed by atoms with Gasteiger partial charge in [-0.25, -0.2) is 0 Å². The maximum Gasteiger partial charge on any atom is 0.258 e. The molecule has 0 spiro atoms. The normalized spacial score (nSPS) is 12.0. The third kappa shape index (κ3) is 4.89. The minimum Gasteiger partial charge on any atom is -0.484 e. The van der Waals surface area contributed by atoms with Crippen LogP contribution < -0.4 is 21.5 Å². The summed E-state index contributed by atoms with van der Waals surface area (Å²) < 4.78 is 5.32. The van der Waals surface area contributed by atoms with Gasteiger partial charge in [-0.05, 0) is 23.6 Å². The lowest BCUT2D eigenvalue weighted by molar-refractivity contribution is -0.129. The summed E-state index contributed by atoms with van der Waals surface area (Å²) in [6.45, 7) is 3.90. The van der Waals surface area contributed by atoms with Gasteiger partial charge in [-0.15, -0.1) is 0 Å². The third-order valence-electron chi connectivity index (χ3n) is 2.82. The molecule has 5 N–H and O–H groups in total. The second-order valence-corrected chi connectivity index (χ2v) is 4.83. The van der Waals surface area contributed by atoms with Gasteiger partial charge >= 0.3 is 0 Å². The Morgan fingerprint density at radius 3 is 2.30 bits per heavy atom. The van der Waals surface area contributed by atoms with E-state index in [1.807, 2.05) is 26.0 Å². The molecule has 6 nitrogen and oxygen atoms in total. The molecule has 20 heavy (non-hydrogen) atoms. The lowest BCUT2D eigenvalue weighted by atomic mass is 10.0. The molecule has 1 atom stereocenters. The average molecular weight is 279 g/mol. The first-order chi connectivity index (χ1) is 9.43. The van der Waals surface area contributed by atoms with Crippen LogP contribution in [0.2, 0.25) is 0 Å². The van der Waals surface area contributed by atoms with Crippen LogP contribution in [-0.4, -0.2) is 24.5 Å². The van der Waals surface area contributed by atoms with Crippen molar-refractivity contribution in [3.8, 4) is 5.75 Å². The van der Waals surface area contributed by atoms with Gasteiger partial charge in [0, 0.05) is 6.54 Å². The first kappa shape index (κ1) is 16.0. The highest BCUT2D eigenvalue weighted by Crippen LogP contribution is 2.11. The van der Waals surface area contributed by atoms with Gasteiger partial charge in [0.2, 0.25) is 5.91 Å². The predicted molar refractivity (Wildman–Crippen MR) is 75.8 cm³/mol. The fourth-order valence-corrected chi connectivity index (χ4v) is 1.65. The Morgan fingerprint density at radius 1 is 1.25 bits per heavy atom. The predicted octanol–water partition coefficient (Wildman–Crippen LogP) is 0.150. The summed E-state index contributed by atoms with van der Waals surface area (Å²) in [6, 6.07) is 6.44. The van der Waals surface area contributed by atoms with Crippen molar-refractivity contribution in [1.29, 1.82) is 0 Å². The molecule has 0 radical (unpaired) electrons. The van der Waals surface area contributed by atoms with Crippen molar-refractivity contribution in [2.45, 2.75) is 26.4 Å². The number of primary amides is 1. The Morgan fingerprint density at radius 2 is 1.85 bits per heavy atom. The number of hydrogen-bond acceptors (Lipinski definition) is 4. The van der Waals surface area contributed by atoms with Crippen LogP contribution in [0.25, 0.3) is 0 Å². The Balaban J connectivity index is 2.47. The highest BCUT2D eigenvalue weighted by molar-refractivity contribution is 5.87. The van der Waals surface area contributed by atoms with E-state index in [4.69, 9.17) is 16.2 Å². The highest BCUT2D eigenvalue weighted by atomic mass is 16.5. The topological polar surface area (TPSA) is 107 Å². The summed E-state index contributed by atoms with van der Waals surface area (Å²) in [4.78, 5) is 22.9. The highest BCUT2D eigenvalue weighted by Gasteiger charge is 2.21. The first-order valence-corrected chi connectivity index (χ1v) is 6.44. The van der Waals surface area contributed by atoms with Crippen molar-refractivity contribution in [2.24, 2.45) is 17.4 Å². The van der Waals surface area contributed by atoms with E-state index in [2.05, 4.69) is 5.32 Å². The standard InChI is InChI=1S/C14H21N3O3/c1-9(2)13(14(16)19)17-12(18)8-20-11-5-3-10(7-15)4-6-11/h3-6,9,13H,7-8,15H2,1-2H3,(H2,16,19)(H,17,18). The van der Waals surface area contributed by atoms with Crippen molar-refractivity contribution < 1.29 is 14.3 Å². The van der Waals surface area contributed by atoms with Gasteiger partial charge in [-0.2, -0.15) is 0 Å². The van der Waals surface area contributed by atoms with E-state index in [1.54, 1.807) is 12.1 Å². The second-order valence-electron chi connectivity index (χ2n) is 4.83. The summed E-state index contributed by atoms with van der Waals surface area (Å²) in [7, 11) is 0. The molecule has 0 aromatic heterocycles. The molecule has 110 valence electrons. The van der Waals surface area contributed by atoms with Crippen LogP contribution in [0.4, 0.5) is 0 Å². The lowest BCUT2D eigenvalue weighted by Gasteiger charge is -2.18. The van der Waals surface area contributed by atoms with Gasteiger partial charge in [-0.3, -0.25) is 9.59 Å². The fourth-order valence-electron chi connectivity index (χ4n) is 1.65. The number of ether oxygens (including phenoxy) is 1. The molecular formula is C14H21N3O3. The third-order valence-corrected chi connectivity index (χ3v) is 2.82. The molecule has 1 unspecified atom stereocenters. The summed E-state index contributed by atoms with van der Waals surface area (Å²) in [6.07, 6.45) is 0. The fraction of sp³-hybridized carbons (Fsp3) is 0.429. The summed E-state index contributed by atoms with van der Waals surface area (Å²) in [5.41, 5.74) is 11.7. The maximum atomic E-state index is 11.7. The summed E-state index contributed by atoms with van der Waals surface area (Å²) in [5.74, 6) is -0.441. The SMILES string of the molecule is CC(C)C(NC(=O)COc1ccc(CN)cc1)C(N)=O. The van der Waals surface area contributed by atoms with Gasteiger partial charge in [0.1, 0.15) is 11.8 Å². The van der Waals surface area contributed by atoms with E-state index in [9.17, 15) is 9.59 Å². The van der Waals surface area contributed by atoms with E-state index >= 15 is 0 Å². The van der Waals surface area contributed by atoms with Gasteiger partial charge in [0.25, 0.3) is 5.91 Å². The molecule has 2 amide bonds. The molecule has 1 aromatic carbocycles. The Bertz CT molecular complexity index is 457. The van der Waals surface area contributed by atoms with Crippen LogP contribution >= 0.6 is 0 Å². The van der Waals surface area contributed by atoms with E-state index in [-0.39, 0.29) is 18.4 Å². The van der Waals surface area contributed by atoms with Crippen LogP contribution in [0.1, 0.15) is 19.4 Å². The van der Waals surface area contributed by atoms with Crippen molar-refractivity contribution in [3.05, 3.63) is 29.8 Å². The molecule has 0 fully saturated rings. The molecule has 0 heterocycles. The molecule has 1 aromatic rings. The monoisotopic (exact) mass is 279 g/mol. The molecule has 0 aliphatic heterocycles. The van der Waals surface area contributed by atoms with E-state index in [0.29, 0.717) is 12.3 Å². The quantitative estimate of drug-likeness (QED) is 0.660. The number of nitrogens with two attached hydrogens (primary N) is 2. The van der Waals surface area contributed by atoms with E-state index < -0.39 is 11.9 Å². The van der Waals surface area contributed by atoms with Crippen LogP contribution in [-0.2, 0) is 16.1 Å². The summed E-state index contributed by atoms with van der Waals surface area (Å²) in [5, 5.41) is 2.55. The molecule has 0 aliphatic carbocycles. The molecule has 1 rings (SSSR count). The second kappa shape index (κ2) is 7.49. The van der Waals surface area contributed by atoms with Gasteiger partial charge < -0.3 is 21.5 Å². The van der Waals surface area contributed by atoms with Gasteiger partial charge in [-0.1, -0.05) is 26.0 Å². The van der Waals surface area contributed by atoms with Gasteiger partial charge in [0.05, 0.1) is 0 Å². The van der Waals surface area contributed by atoms with Gasteiger partial charge in [0.15, 0.2) is 6.61 Å². The molecule has 0 aliphatic rings. The zero-order valence-electron chi connectivity index (χ0n) is 11.8. The number of nitrogens with one attached hydrogen (secondary N) is 1.